The minimum absolute atomic E-state index is 0.0158. The summed E-state index contributed by atoms with van der Waals surface area (Å²) in [5.41, 5.74) is -0.0378. The standard InChI is InChI=1S/C13H19N3O2/c1-2-13(18)4-3-7-16(10-13)12(17)8-11-9-14-5-6-15-11/h5-6,9,18H,2-4,7-8,10H2,1H3/t13-/m1/s1. The van der Waals surface area contributed by atoms with Crippen LogP contribution in [-0.2, 0) is 11.2 Å². The minimum atomic E-state index is -0.712. The molecule has 0 spiro atoms. The second-order valence-electron chi connectivity index (χ2n) is 4.87. The van der Waals surface area contributed by atoms with Gasteiger partial charge in [-0.15, -0.1) is 0 Å². The lowest BCUT2D eigenvalue weighted by molar-refractivity contribution is -0.137. The third kappa shape index (κ3) is 3.04. The van der Waals surface area contributed by atoms with E-state index in [9.17, 15) is 9.90 Å². The first-order valence-electron chi connectivity index (χ1n) is 6.38. The normalized spacial score (nSPS) is 24.0. The van der Waals surface area contributed by atoms with Crippen molar-refractivity contribution in [1.82, 2.24) is 14.9 Å². The number of nitrogens with zero attached hydrogens (tertiary/aromatic N) is 3. The fourth-order valence-corrected chi connectivity index (χ4v) is 2.30. The number of hydrogen-bond donors (Lipinski definition) is 1. The molecule has 0 saturated carbocycles. The Bertz CT molecular complexity index is 410. The molecule has 1 atom stereocenters. The molecule has 1 aliphatic heterocycles. The molecule has 18 heavy (non-hydrogen) atoms. The van der Waals surface area contributed by atoms with E-state index in [1.54, 1.807) is 23.5 Å². The Labute approximate surface area is 107 Å². The Morgan fingerprint density at radius 3 is 3.06 bits per heavy atom. The number of aromatic nitrogens is 2. The highest BCUT2D eigenvalue weighted by atomic mass is 16.3. The quantitative estimate of drug-likeness (QED) is 0.859. The zero-order chi connectivity index (χ0) is 13.0. The van der Waals surface area contributed by atoms with Crippen LogP contribution in [0.4, 0.5) is 0 Å². The molecule has 5 nitrogen and oxygen atoms in total. The minimum Gasteiger partial charge on any atom is -0.388 e. The Balaban J connectivity index is 1.97. The van der Waals surface area contributed by atoms with E-state index in [2.05, 4.69) is 9.97 Å². The number of rotatable bonds is 3. The van der Waals surface area contributed by atoms with E-state index in [1.807, 2.05) is 6.92 Å². The zero-order valence-electron chi connectivity index (χ0n) is 10.7. The number of carbonyl (C=O) groups excluding carboxylic acids is 1. The Hall–Kier alpha value is -1.49. The summed E-state index contributed by atoms with van der Waals surface area (Å²) in [4.78, 5) is 21.9. The molecule has 98 valence electrons. The molecule has 0 bridgehead atoms. The Kier molecular flexibility index (Phi) is 3.91. The van der Waals surface area contributed by atoms with Gasteiger partial charge in [-0.25, -0.2) is 0 Å². The van der Waals surface area contributed by atoms with Crippen molar-refractivity contribution in [2.75, 3.05) is 13.1 Å². The van der Waals surface area contributed by atoms with Gasteiger partial charge in [-0.05, 0) is 19.3 Å². The van der Waals surface area contributed by atoms with Crippen molar-refractivity contribution in [3.8, 4) is 0 Å². The van der Waals surface area contributed by atoms with Crippen molar-refractivity contribution in [2.45, 2.75) is 38.2 Å². The molecule has 0 unspecified atom stereocenters. The third-order valence-corrected chi connectivity index (χ3v) is 3.52. The van der Waals surface area contributed by atoms with Gasteiger partial charge in [-0.2, -0.15) is 0 Å². The maximum absolute atomic E-state index is 12.1. The SMILES string of the molecule is CC[C@@]1(O)CCCN(C(=O)Cc2cnccn2)C1. The summed E-state index contributed by atoms with van der Waals surface area (Å²) in [7, 11) is 0. The molecule has 1 saturated heterocycles. The van der Waals surface area contributed by atoms with Crippen LogP contribution in [-0.4, -0.2) is 44.6 Å². The highest BCUT2D eigenvalue weighted by Gasteiger charge is 2.33. The first kappa shape index (κ1) is 13.0. The van der Waals surface area contributed by atoms with Crippen molar-refractivity contribution >= 4 is 5.91 Å². The number of aliphatic hydroxyl groups is 1. The van der Waals surface area contributed by atoms with E-state index >= 15 is 0 Å². The lowest BCUT2D eigenvalue weighted by Gasteiger charge is -2.38. The van der Waals surface area contributed by atoms with Crippen LogP contribution in [0.5, 0.6) is 0 Å². The van der Waals surface area contributed by atoms with Crippen LogP contribution in [0.1, 0.15) is 31.9 Å². The summed E-state index contributed by atoms with van der Waals surface area (Å²) in [5.74, 6) is 0.0158. The number of hydrogen-bond acceptors (Lipinski definition) is 4. The summed E-state index contributed by atoms with van der Waals surface area (Å²) in [6, 6.07) is 0. The summed E-state index contributed by atoms with van der Waals surface area (Å²) < 4.78 is 0. The molecule has 1 aromatic rings. The van der Waals surface area contributed by atoms with Gasteiger partial charge in [0.05, 0.1) is 17.7 Å². The first-order valence-corrected chi connectivity index (χ1v) is 6.38. The van der Waals surface area contributed by atoms with Crippen LogP contribution in [0.15, 0.2) is 18.6 Å². The predicted octanol–water partition coefficient (Wildman–Crippen LogP) is 0.783. The van der Waals surface area contributed by atoms with E-state index in [-0.39, 0.29) is 12.3 Å². The molecule has 1 amide bonds. The third-order valence-electron chi connectivity index (χ3n) is 3.52. The molecule has 1 fully saturated rings. The molecule has 1 N–H and O–H groups in total. The van der Waals surface area contributed by atoms with Crippen LogP contribution in [0.25, 0.3) is 0 Å². The van der Waals surface area contributed by atoms with Crippen molar-refractivity contribution in [1.29, 1.82) is 0 Å². The topological polar surface area (TPSA) is 66.3 Å². The van der Waals surface area contributed by atoms with Gasteiger partial charge in [0, 0.05) is 31.7 Å². The fraction of sp³-hybridized carbons (Fsp3) is 0.615. The van der Waals surface area contributed by atoms with Gasteiger partial charge in [0.1, 0.15) is 0 Å². The van der Waals surface area contributed by atoms with E-state index in [0.717, 1.165) is 19.4 Å². The summed E-state index contributed by atoms with van der Waals surface area (Å²) in [5, 5.41) is 10.2. The van der Waals surface area contributed by atoms with Crippen LogP contribution in [0.3, 0.4) is 0 Å². The molecular formula is C13H19N3O2. The monoisotopic (exact) mass is 249 g/mol. The number of β-amino-alcohol motifs (C(OH)–C–C–N with tert-alkyl or cyclic N) is 1. The number of likely N-dealkylation sites (tertiary alicyclic amines) is 1. The lowest BCUT2D eigenvalue weighted by Crippen LogP contribution is -2.50. The second kappa shape index (κ2) is 5.44. The van der Waals surface area contributed by atoms with Gasteiger partial charge in [0.2, 0.25) is 5.91 Å². The van der Waals surface area contributed by atoms with Crippen molar-refractivity contribution in [3.63, 3.8) is 0 Å². The van der Waals surface area contributed by atoms with Gasteiger partial charge in [0.15, 0.2) is 0 Å². The average molecular weight is 249 g/mol. The Morgan fingerprint density at radius 2 is 2.39 bits per heavy atom. The van der Waals surface area contributed by atoms with Crippen molar-refractivity contribution in [2.24, 2.45) is 0 Å². The van der Waals surface area contributed by atoms with Gasteiger partial charge in [0.25, 0.3) is 0 Å². The van der Waals surface area contributed by atoms with Gasteiger partial charge in [-0.1, -0.05) is 6.92 Å². The van der Waals surface area contributed by atoms with E-state index < -0.39 is 5.60 Å². The molecule has 0 aromatic carbocycles. The van der Waals surface area contributed by atoms with Crippen molar-refractivity contribution < 1.29 is 9.90 Å². The van der Waals surface area contributed by atoms with Crippen LogP contribution in [0, 0.1) is 0 Å². The Morgan fingerprint density at radius 1 is 1.56 bits per heavy atom. The van der Waals surface area contributed by atoms with Crippen LogP contribution < -0.4 is 0 Å². The van der Waals surface area contributed by atoms with E-state index in [4.69, 9.17) is 0 Å². The molecule has 5 heteroatoms. The number of carbonyl (C=O) groups is 1. The molecule has 0 aliphatic carbocycles. The largest absolute Gasteiger partial charge is 0.388 e. The maximum Gasteiger partial charge on any atom is 0.228 e. The van der Waals surface area contributed by atoms with Gasteiger partial charge < -0.3 is 10.0 Å². The molecule has 2 heterocycles. The summed E-state index contributed by atoms with van der Waals surface area (Å²) >= 11 is 0. The van der Waals surface area contributed by atoms with E-state index in [1.165, 1.54) is 0 Å². The van der Waals surface area contributed by atoms with Gasteiger partial charge >= 0.3 is 0 Å². The summed E-state index contributed by atoms with van der Waals surface area (Å²) in [6.07, 6.45) is 7.35. The highest BCUT2D eigenvalue weighted by molar-refractivity contribution is 5.78. The maximum atomic E-state index is 12.1. The molecule has 2 rings (SSSR count). The molecular weight excluding hydrogens is 230 g/mol. The fourth-order valence-electron chi connectivity index (χ4n) is 2.30. The lowest BCUT2D eigenvalue weighted by atomic mass is 9.90. The van der Waals surface area contributed by atoms with Crippen molar-refractivity contribution in [3.05, 3.63) is 24.3 Å². The zero-order valence-corrected chi connectivity index (χ0v) is 10.7. The smallest absolute Gasteiger partial charge is 0.228 e. The summed E-state index contributed by atoms with van der Waals surface area (Å²) in [6.45, 7) is 3.11. The highest BCUT2D eigenvalue weighted by Crippen LogP contribution is 2.24. The molecule has 0 radical (unpaired) electrons. The molecule has 1 aromatic heterocycles. The first-order chi connectivity index (χ1) is 8.63. The van der Waals surface area contributed by atoms with Crippen LogP contribution in [0.2, 0.25) is 0 Å². The van der Waals surface area contributed by atoms with Crippen LogP contribution >= 0.6 is 0 Å². The molecule has 1 aliphatic rings. The van der Waals surface area contributed by atoms with Gasteiger partial charge in [-0.3, -0.25) is 14.8 Å². The van der Waals surface area contributed by atoms with E-state index in [0.29, 0.717) is 18.7 Å². The average Bonchev–Trinajstić information content (AvgIpc) is 2.40. The number of piperidine rings is 1. The second-order valence-corrected chi connectivity index (χ2v) is 4.87. The predicted molar refractivity (Wildman–Crippen MR) is 66.8 cm³/mol. The number of amides is 1.